The van der Waals surface area contributed by atoms with Crippen LogP contribution in [-0.2, 0) is 27.2 Å². The molecular formula is C31H36N6O5. The molecule has 3 N–H and O–H groups in total. The first-order valence-corrected chi connectivity index (χ1v) is 13.9. The molecule has 0 aromatic heterocycles. The van der Waals surface area contributed by atoms with Crippen molar-refractivity contribution in [3.63, 3.8) is 0 Å². The Hall–Kier alpha value is -4.41. The number of nitrogens with one attached hydrogen (secondary N) is 2. The Labute approximate surface area is 245 Å². The second-order valence-electron chi connectivity index (χ2n) is 9.77. The van der Waals surface area contributed by atoms with Crippen LogP contribution in [-0.4, -0.2) is 55.9 Å². The fourth-order valence-electron chi connectivity index (χ4n) is 4.76. The summed E-state index contributed by atoms with van der Waals surface area (Å²) in [6.45, 7) is 1.61. The van der Waals surface area contributed by atoms with E-state index in [4.69, 9.17) is 29.8 Å². The number of aliphatic imine (C=N–C) groups is 1. The van der Waals surface area contributed by atoms with Gasteiger partial charge in [0.25, 0.3) is 5.91 Å². The van der Waals surface area contributed by atoms with Crippen molar-refractivity contribution in [2.24, 2.45) is 10.1 Å². The summed E-state index contributed by atoms with van der Waals surface area (Å²) in [7, 11) is 1.63. The maximum Gasteiger partial charge on any atom is 0.266 e. The maximum absolute atomic E-state index is 14.2. The second kappa shape index (κ2) is 15.6. The predicted molar refractivity (Wildman–Crippen MR) is 159 cm³/mol. The number of carbonyl (C=O) groups excluding carboxylic acids is 1. The van der Waals surface area contributed by atoms with Crippen LogP contribution in [0.5, 0.6) is 5.75 Å². The lowest BCUT2D eigenvalue weighted by molar-refractivity contribution is -0.130. The molecule has 0 aliphatic carbocycles. The van der Waals surface area contributed by atoms with Gasteiger partial charge in [-0.25, -0.2) is 10.4 Å². The van der Waals surface area contributed by atoms with Gasteiger partial charge in [-0.05, 0) is 52.9 Å². The molecule has 0 unspecified atom stereocenters. The summed E-state index contributed by atoms with van der Waals surface area (Å²) in [6.07, 6.45) is 0.675. The average molecular weight is 573 g/mol. The molecule has 1 aliphatic heterocycles. The van der Waals surface area contributed by atoms with E-state index in [2.05, 4.69) is 20.9 Å². The molecule has 3 aromatic rings. The number of amides is 1. The summed E-state index contributed by atoms with van der Waals surface area (Å²) in [5, 5.41) is 12.8. The fraction of sp³-hybridized carbons (Fsp3) is 0.355. The van der Waals surface area contributed by atoms with Gasteiger partial charge >= 0.3 is 0 Å². The molecule has 1 heterocycles. The van der Waals surface area contributed by atoms with E-state index >= 15 is 0 Å². The highest BCUT2D eigenvalue weighted by atomic mass is 16.5. The van der Waals surface area contributed by atoms with Crippen LogP contribution in [0.3, 0.4) is 0 Å². The largest absolute Gasteiger partial charge is 0.494 e. The molecular weight excluding hydrogens is 536 g/mol. The third kappa shape index (κ3) is 7.65. The normalized spacial score (nSPS) is 17.6. The Balaban J connectivity index is 1.76. The first-order chi connectivity index (χ1) is 20.6. The van der Waals surface area contributed by atoms with E-state index in [0.29, 0.717) is 55.4 Å². The zero-order chi connectivity index (χ0) is 29.6. The Morgan fingerprint density at radius 3 is 2.57 bits per heavy atom. The molecule has 0 saturated carbocycles. The number of ether oxygens (including phenoxy) is 3. The number of hydrogen-bond acceptors (Lipinski definition) is 8. The van der Waals surface area contributed by atoms with Crippen molar-refractivity contribution >= 4 is 11.8 Å². The van der Waals surface area contributed by atoms with Gasteiger partial charge in [0, 0.05) is 50.2 Å². The molecule has 0 bridgehead atoms. The number of carbonyl (C=O) groups is 1. The van der Waals surface area contributed by atoms with Crippen LogP contribution in [0.1, 0.15) is 41.2 Å². The van der Waals surface area contributed by atoms with Crippen molar-refractivity contribution < 1.29 is 24.1 Å². The smallest absolute Gasteiger partial charge is 0.266 e. The van der Waals surface area contributed by atoms with Gasteiger partial charge in [-0.1, -0.05) is 59.7 Å². The van der Waals surface area contributed by atoms with E-state index in [9.17, 15) is 4.79 Å². The lowest BCUT2D eigenvalue weighted by Crippen LogP contribution is -2.54. The molecule has 42 heavy (non-hydrogen) atoms. The molecule has 0 radical (unpaired) electrons. The van der Waals surface area contributed by atoms with Gasteiger partial charge in [0.1, 0.15) is 5.75 Å². The second-order valence-corrected chi connectivity index (χ2v) is 9.77. The Morgan fingerprint density at radius 2 is 1.83 bits per heavy atom. The van der Waals surface area contributed by atoms with E-state index in [1.165, 1.54) is 0 Å². The Kier molecular flexibility index (Phi) is 11.3. The van der Waals surface area contributed by atoms with Crippen LogP contribution >= 0.6 is 0 Å². The van der Waals surface area contributed by atoms with Crippen LogP contribution in [0.2, 0.25) is 0 Å². The number of hydrazine groups is 1. The van der Waals surface area contributed by atoms with Gasteiger partial charge in [-0.3, -0.25) is 10.2 Å². The Morgan fingerprint density at radius 1 is 1.07 bits per heavy atom. The molecule has 0 saturated heterocycles. The van der Waals surface area contributed by atoms with Crippen LogP contribution < -0.4 is 15.6 Å². The minimum absolute atomic E-state index is 0.0536. The number of rotatable bonds is 16. The van der Waals surface area contributed by atoms with E-state index in [1.54, 1.807) is 19.2 Å². The first-order valence-electron chi connectivity index (χ1n) is 13.9. The summed E-state index contributed by atoms with van der Waals surface area (Å²) >= 11 is 0. The highest BCUT2D eigenvalue weighted by molar-refractivity contribution is 6.01. The van der Waals surface area contributed by atoms with Crippen molar-refractivity contribution in [2.45, 2.75) is 37.5 Å². The van der Waals surface area contributed by atoms with Gasteiger partial charge in [0.2, 0.25) is 5.90 Å². The lowest BCUT2D eigenvalue weighted by atomic mass is 9.81. The number of nitrogens with zero attached hydrogens (tertiary/aromatic N) is 4. The van der Waals surface area contributed by atoms with Crippen molar-refractivity contribution in [1.29, 1.82) is 0 Å². The van der Waals surface area contributed by atoms with Crippen LogP contribution in [0, 0.1) is 0 Å². The van der Waals surface area contributed by atoms with E-state index in [-0.39, 0.29) is 25.5 Å². The highest BCUT2D eigenvalue weighted by Gasteiger charge is 2.53. The summed E-state index contributed by atoms with van der Waals surface area (Å²) in [4.78, 5) is 22.1. The molecule has 1 aliphatic rings. The van der Waals surface area contributed by atoms with Gasteiger partial charge < -0.3 is 19.3 Å². The lowest BCUT2D eigenvalue weighted by Gasteiger charge is -2.31. The Bertz CT molecular complexity index is 1380. The zero-order valence-corrected chi connectivity index (χ0v) is 23.6. The molecule has 2 atom stereocenters. The third-order valence-corrected chi connectivity index (χ3v) is 6.84. The van der Waals surface area contributed by atoms with Crippen molar-refractivity contribution in [1.82, 2.24) is 10.9 Å². The first kappa shape index (κ1) is 30.5. The number of aliphatic hydroxyl groups is 1. The SMILES string of the molecule is COCCCNNC(=O)[C@@]1(Cc2ccccc2)N=C(c2ccc(OCCCO)cc2)O[C@H]1c1ccccc1CN=[N+]=[N-]. The van der Waals surface area contributed by atoms with Gasteiger partial charge in [-0.15, -0.1) is 0 Å². The van der Waals surface area contributed by atoms with Crippen molar-refractivity contribution in [3.8, 4) is 5.75 Å². The van der Waals surface area contributed by atoms with Crippen molar-refractivity contribution in [3.05, 3.63) is 112 Å². The monoisotopic (exact) mass is 572 g/mol. The topological polar surface area (TPSA) is 150 Å². The summed E-state index contributed by atoms with van der Waals surface area (Å²) in [5.41, 5.74) is 16.5. The molecule has 4 rings (SSSR count). The predicted octanol–water partition coefficient (Wildman–Crippen LogP) is 4.42. The van der Waals surface area contributed by atoms with E-state index < -0.39 is 11.6 Å². The van der Waals surface area contributed by atoms with Gasteiger partial charge in [0.05, 0.1) is 13.2 Å². The fourth-order valence-corrected chi connectivity index (χ4v) is 4.76. The molecule has 0 fully saturated rings. The molecule has 11 nitrogen and oxygen atoms in total. The standard InChI is InChI=1S/C31H36N6O5/c1-40-19-7-17-33-36-30(39)31(21-23-9-3-2-4-10-23)28(27-12-6-5-11-25(27)22-34-37-32)42-29(35-31)24-13-15-26(16-14-24)41-20-8-18-38/h2-6,9-16,28,33,38H,7-8,17-22H2,1H3,(H,36,39)/t28-,31-/m0/s1. The van der Waals surface area contributed by atoms with E-state index in [0.717, 1.165) is 11.1 Å². The highest BCUT2D eigenvalue weighted by Crippen LogP contribution is 2.43. The number of aliphatic hydroxyl groups excluding tert-OH is 1. The number of benzene rings is 3. The average Bonchev–Trinajstić information content (AvgIpc) is 3.41. The quantitative estimate of drug-likeness (QED) is 0.0761. The minimum Gasteiger partial charge on any atom is -0.494 e. The molecule has 3 aromatic carbocycles. The number of azide groups is 1. The molecule has 0 spiro atoms. The molecule has 1 amide bonds. The molecule has 220 valence electrons. The minimum atomic E-state index is -1.40. The van der Waals surface area contributed by atoms with Crippen LogP contribution in [0.25, 0.3) is 10.4 Å². The van der Waals surface area contributed by atoms with Gasteiger partial charge in [-0.2, -0.15) is 0 Å². The van der Waals surface area contributed by atoms with Gasteiger partial charge in [0.15, 0.2) is 11.6 Å². The van der Waals surface area contributed by atoms with Crippen LogP contribution in [0.15, 0.2) is 89.0 Å². The third-order valence-electron chi connectivity index (χ3n) is 6.84. The summed E-state index contributed by atoms with van der Waals surface area (Å²) < 4.78 is 17.4. The summed E-state index contributed by atoms with van der Waals surface area (Å²) in [6, 6.07) is 24.4. The number of hydrogen-bond donors (Lipinski definition) is 3. The maximum atomic E-state index is 14.2. The number of methoxy groups -OCH3 is 1. The van der Waals surface area contributed by atoms with E-state index in [1.807, 2.05) is 66.7 Å². The van der Waals surface area contributed by atoms with Crippen LogP contribution in [0.4, 0.5) is 0 Å². The zero-order valence-electron chi connectivity index (χ0n) is 23.6. The van der Waals surface area contributed by atoms with Crippen molar-refractivity contribution in [2.75, 3.05) is 33.5 Å². The summed E-state index contributed by atoms with van der Waals surface area (Å²) in [5.74, 6) is 0.605. The molecule has 11 heteroatoms.